The van der Waals surface area contributed by atoms with Crippen LogP contribution in [0.25, 0.3) is 0 Å². The van der Waals surface area contributed by atoms with Gasteiger partial charge in [-0.3, -0.25) is 9.52 Å². The Balaban J connectivity index is 1.72. The SMILES string of the molecule is COc1cccc([C@H]2CC(c3cccc(NS(C)(=O)=O)c3)=NN2C(=O)c2cccs2)c1. The molecule has 0 saturated carbocycles. The summed E-state index contributed by atoms with van der Waals surface area (Å²) in [5, 5.41) is 8.02. The summed E-state index contributed by atoms with van der Waals surface area (Å²) in [5.74, 6) is 0.525. The van der Waals surface area contributed by atoms with E-state index < -0.39 is 10.0 Å². The van der Waals surface area contributed by atoms with Crippen molar-refractivity contribution in [2.24, 2.45) is 5.10 Å². The molecule has 3 aromatic rings. The molecule has 160 valence electrons. The number of rotatable bonds is 6. The van der Waals surface area contributed by atoms with Crippen LogP contribution >= 0.6 is 11.3 Å². The molecule has 1 N–H and O–H groups in total. The molecule has 1 aromatic heterocycles. The van der Waals surface area contributed by atoms with Gasteiger partial charge in [0.2, 0.25) is 10.0 Å². The molecule has 2 heterocycles. The topological polar surface area (TPSA) is 88.1 Å². The Morgan fingerprint density at radius 2 is 1.97 bits per heavy atom. The molecule has 0 spiro atoms. The van der Waals surface area contributed by atoms with Crippen LogP contribution in [0.2, 0.25) is 0 Å². The van der Waals surface area contributed by atoms with Crippen molar-refractivity contribution < 1.29 is 17.9 Å². The fourth-order valence-electron chi connectivity index (χ4n) is 3.47. The highest BCUT2D eigenvalue weighted by molar-refractivity contribution is 7.92. The number of amides is 1. The number of nitrogens with one attached hydrogen (secondary N) is 1. The fourth-order valence-corrected chi connectivity index (χ4v) is 4.68. The fraction of sp³-hybridized carbons (Fsp3) is 0.182. The van der Waals surface area contributed by atoms with Gasteiger partial charge >= 0.3 is 0 Å². The smallest absolute Gasteiger partial charge is 0.284 e. The van der Waals surface area contributed by atoms with Crippen molar-refractivity contribution in [3.63, 3.8) is 0 Å². The molecule has 1 amide bonds. The van der Waals surface area contributed by atoms with Crippen molar-refractivity contribution in [1.29, 1.82) is 0 Å². The Morgan fingerprint density at radius 1 is 1.16 bits per heavy atom. The molecule has 2 aromatic carbocycles. The zero-order chi connectivity index (χ0) is 22.0. The lowest BCUT2D eigenvalue weighted by Crippen LogP contribution is -2.26. The minimum absolute atomic E-state index is 0.178. The van der Waals surface area contributed by atoms with E-state index in [0.717, 1.165) is 17.4 Å². The van der Waals surface area contributed by atoms with E-state index in [-0.39, 0.29) is 11.9 Å². The van der Waals surface area contributed by atoms with Crippen LogP contribution < -0.4 is 9.46 Å². The minimum atomic E-state index is -3.40. The summed E-state index contributed by atoms with van der Waals surface area (Å²) >= 11 is 1.37. The van der Waals surface area contributed by atoms with E-state index >= 15 is 0 Å². The number of hydrazone groups is 1. The first-order valence-electron chi connectivity index (χ1n) is 9.51. The Labute approximate surface area is 185 Å². The normalized spacial score (nSPS) is 16.1. The molecule has 7 nitrogen and oxygen atoms in total. The molecule has 1 atom stereocenters. The van der Waals surface area contributed by atoms with Gasteiger partial charge in [-0.05, 0) is 46.8 Å². The molecule has 0 unspecified atom stereocenters. The van der Waals surface area contributed by atoms with Crippen molar-refractivity contribution in [3.8, 4) is 5.75 Å². The van der Waals surface area contributed by atoms with E-state index in [4.69, 9.17) is 4.74 Å². The summed E-state index contributed by atoms with van der Waals surface area (Å²) in [7, 11) is -1.80. The minimum Gasteiger partial charge on any atom is -0.497 e. The summed E-state index contributed by atoms with van der Waals surface area (Å²) < 4.78 is 31.0. The van der Waals surface area contributed by atoms with Crippen LogP contribution in [-0.4, -0.2) is 38.4 Å². The highest BCUT2D eigenvalue weighted by Gasteiger charge is 2.34. The summed E-state index contributed by atoms with van der Waals surface area (Å²) in [6, 6.07) is 17.9. The first kappa shape index (κ1) is 21.1. The number of carbonyl (C=O) groups is 1. The van der Waals surface area contributed by atoms with Crippen molar-refractivity contribution in [2.45, 2.75) is 12.5 Å². The maximum absolute atomic E-state index is 13.2. The van der Waals surface area contributed by atoms with E-state index in [9.17, 15) is 13.2 Å². The van der Waals surface area contributed by atoms with Gasteiger partial charge in [-0.1, -0.05) is 30.3 Å². The predicted octanol–water partition coefficient (Wildman–Crippen LogP) is 4.12. The Morgan fingerprint density at radius 3 is 2.68 bits per heavy atom. The van der Waals surface area contributed by atoms with Crippen LogP contribution in [0, 0.1) is 0 Å². The molecular weight excluding hydrogens is 434 g/mol. The van der Waals surface area contributed by atoms with E-state index in [2.05, 4.69) is 9.82 Å². The van der Waals surface area contributed by atoms with Crippen molar-refractivity contribution in [1.82, 2.24) is 5.01 Å². The Hall–Kier alpha value is -3.17. The van der Waals surface area contributed by atoms with Gasteiger partial charge in [-0.15, -0.1) is 11.3 Å². The highest BCUT2D eigenvalue weighted by Crippen LogP contribution is 2.36. The number of ether oxygens (including phenoxy) is 1. The molecule has 9 heteroatoms. The van der Waals surface area contributed by atoms with Gasteiger partial charge in [0.15, 0.2) is 0 Å². The van der Waals surface area contributed by atoms with Crippen LogP contribution in [0.15, 0.2) is 71.1 Å². The molecule has 0 fully saturated rings. The molecule has 0 saturated heterocycles. The monoisotopic (exact) mass is 455 g/mol. The first-order valence-corrected chi connectivity index (χ1v) is 12.3. The highest BCUT2D eigenvalue weighted by atomic mass is 32.2. The van der Waals surface area contributed by atoms with Gasteiger partial charge in [-0.25, -0.2) is 13.4 Å². The molecule has 0 aliphatic carbocycles. The number of hydrogen-bond acceptors (Lipinski definition) is 6. The molecular formula is C22H21N3O4S2. The molecule has 4 rings (SSSR count). The van der Waals surface area contributed by atoms with Gasteiger partial charge in [0.1, 0.15) is 5.75 Å². The second-order valence-electron chi connectivity index (χ2n) is 7.13. The number of anilines is 1. The van der Waals surface area contributed by atoms with Crippen molar-refractivity contribution >= 4 is 38.7 Å². The van der Waals surface area contributed by atoms with Crippen molar-refractivity contribution in [2.75, 3.05) is 18.1 Å². The quantitative estimate of drug-likeness (QED) is 0.606. The number of carbonyl (C=O) groups excluding carboxylic acids is 1. The van der Waals surface area contributed by atoms with Crippen LogP contribution in [0.4, 0.5) is 5.69 Å². The second kappa shape index (κ2) is 8.52. The Bertz CT molecular complexity index is 1240. The zero-order valence-corrected chi connectivity index (χ0v) is 18.6. The van der Waals surface area contributed by atoms with Crippen LogP contribution in [0.3, 0.4) is 0 Å². The number of nitrogens with zero attached hydrogens (tertiary/aromatic N) is 2. The predicted molar refractivity (Wildman–Crippen MR) is 122 cm³/mol. The van der Waals surface area contributed by atoms with E-state index in [1.807, 2.05) is 41.8 Å². The maximum atomic E-state index is 13.2. The van der Waals surface area contributed by atoms with Gasteiger partial charge in [0.25, 0.3) is 5.91 Å². The summed E-state index contributed by atoms with van der Waals surface area (Å²) in [6.45, 7) is 0. The third-order valence-corrected chi connectivity index (χ3v) is 6.29. The standard InChI is InChI=1S/C22H21N3O4S2/c1-29-18-9-4-7-16(13-18)20-14-19(23-25(20)22(26)21-10-5-11-30-21)15-6-3-8-17(12-15)24-31(2,27)28/h3-13,20,24H,14H2,1-2H3/t20-/m1/s1. The van der Waals surface area contributed by atoms with Crippen molar-refractivity contribution in [3.05, 3.63) is 82.0 Å². The van der Waals surface area contributed by atoms with Crippen LogP contribution in [-0.2, 0) is 10.0 Å². The van der Waals surface area contributed by atoms with Crippen LogP contribution in [0.5, 0.6) is 5.75 Å². The average molecular weight is 456 g/mol. The van der Waals surface area contributed by atoms with Gasteiger partial charge in [0, 0.05) is 12.1 Å². The lowest BCUT2D eigenvalue weighted by molar-refractivity contribution is 0.0716. The molecule has 1 aliphatic heterocycles. The number of benzene rings is 2. The summed E-state index contributed by atoms with van der Waals surface area (Å²) in [6.07, 6.45) is 1.60. The molecule has 1 aliphatic rings. The first-order chi connectivity index (χ1) is 14.8. The number of thiophene rings is 1. The van der Waals surface area contributed by atoms with E-state index in [1.165, 1.54) is 16.3 Å². The molecule has 31 heavy (non-hydrogen) atoms. The van der Waals surface area contributed by atoms with E-state index in [1.54, 1.807) is 31.4 Å². The van der Waals surface area contributed by atoms with E-state index in [0.29, 0.717) is 28.4 Å². The number of hydrogen-bond donors (Lipinski definition) is 1. The third-order valence-electron chi connectivity index (χ3n) is 4.83. The number of methoxy groups -OCH3 is 1. The van der Waals surface area contributed by atoms with Crippen LogP contribution in [0.1, 0.15) is 33.3 Å². The second-order valence-corrected chi connectivity index (χ2v) is 9.82. The molecule has 0 radical (unpaired) electrons. The third kappa shape index (κ3) is 4.78. The summed E-state index contributed by atoms with van der Waals surface area (Å²) in [5.41, 5.74) is 2.81. The van der Waals surface area contributed by atoms with Gasteiger partial charge in [0.05, 0.1) is 30.0 Å². The largest absolute Gasteiger partial charge is 0.497 e. The molecule has 0 bridgehead atoms. The number of sulfonamides is 1. The lowest BCUT2D eigenvalue weighted by Gasteiger charge is -2.21. The zero-order valence-electron chi connectivity index (χ0n) is 17.0. The Kier molecular flexibility index (Phi) is 5.79. The maximum Gasteiger partial charge on any atom is 0.284 e. The van der Waals surface area contributed by atoms with Gasteiger partial charge in [-0.2, -0.15) is 5.10 Å². The lowest BCUT2D eigenvalue weighted by atomic mass is 9.98. The van der Waals surface area contributed by atoms with Gasteiger partial charge < -0.3 is 4.74 Å². The average Bonchev–Trinajstić information content (AvgIpc) is 3.43. The summed E-state index contributed by atoms with van der Waals surface area (Å²) in [4.78, 5) is 13.8.